The van der Waals surface area contributed by atoms with Crippen molar-refractivity contribution in [3.8, 4) is 0 Å². The molecule has 1 saturated carbocycles. The zero-order valence-corrected chi connectivity index (χ0v) is 12.9. The fraction of sp³-hybridized carbons (Fsp3) is 1.00. The molecule has 3 unspecified atom stereocenters. The van der Waals surface area contributed by atoms with E-state index in [9.17, 15) is 5.11 Å². The Morgan fingerprint density at radius 2 is 2.21 bits per heavy atom. The highest BCUT2D eigenvalue weighted by Gasteiger charge is 2.39. The smallest absolute Gasteiger partial charge is 0.0797 e. The van der Waals surface area contributed by atoms with Gasteiger partial charge in [-0.3, -0.25) is 4.90 Å². The molecule has 3 atom stereocenters. The Labute approximate surface area is 118 Å². The van der Waals surface area contributed by atoms with Gasteiger partial charge in [0.2, 0.25) is 0 Å². The Balaban J connectivity index is 2.46. The molecule has 0 radical (unpaired) electrons. The highest BCUT2D eigenvalue weighted by Crippen LogP contribution is 2.37. The van der Waals surface area contributed by atoms with Crippen LogP contribution in [0, 0.1) is 5.92 Å². The third-order valence-electron chi connectivity index (χ3n) is 4.84. The Morgan fingerprint density at radius 3 is 2.79 bits per heavy atom. The summed E-state index contributed by atoms with van der Waals surface area (Å²) in [5.74, 6) is 0.367. The third kappa shape index (κ3) is 4.71. The predicted molar refractivity (Wildman–Crippen MR) is 79.2 cm³/mol. The summed E-state index contributed by atoms with van der Waals surface area (Å²) in [6.07, 6.45) is 5.29. The fourth-order valence-corrected chi connectivity index (χ4v) is 3.15. The van der Waals surface area contributed by atoms with Gasteiger partial charge in [-0.05, 0) is 45.1 Å². The molecule has 19 heavy (non-hydrogen) atoms. The highest BCUT2D eigenvalue weighted by atomic mass is 16.5. The number of nitrogens with two attached hydrogens (primary N) is 1. The molecule has 1 fully saturated rings. The summed E-state index contributed by atoms with van der Waals surface area (Å²) in [7, 11) is 1.75. The summed E-state index contributed by atoms with van der Waals surface area (Å²) >= 11 is 0. The van der Waals surface area contributed by atoms with Crippen LogP contribution in [0.3, 0.4) is 0 Å². The van der Waals surface area contributed by atoms with Gasteiger partial charge in [0.15, 0.2) is 0 Å². The van der Waals surface area contributed by atoms with E-state index in [0.717, 1.165) is 51.8 Å². The molecular formula is C15H32N2O2. The first-order chi connectivity index (χ1) is 9.07. The van der Waals surface area contributed by atoms with Crippen molar-refractivity contribution in [2.75, 3.05) is 33.4 Å². The van der Waals surface area contributed by atoms with Gasteiger partial charge in [-0.25, -0.2) is 0 Å². The van der Waals surface area contributed by atoms with Crippen LogP contribution in [-0.2, 0) is 4.74 Å². The highest BCUT2D eigenvalue weighted by molar-refractivity contribution is 4.93. The minimum Gasteiger partial charge on any atom is -0.388 e. The largest absolute Gasteiger partial charge is 0.388 e. The minimum absolute atomic E-state index is 0.367. The fourth-order valence-electron chi connectivity index (χ4n) is 3.15. The second kappa shape index (κ2) is 8.20. The Morgan fingerprint density at radius 1 is 1.47 bits per heavy atom. The molecule has 0 aliphatic heterocycles. The molecule has 0 bridgehead atoms. The average Bonchev–Trinajstić information content (AvgIpc) is 2.80. The second-order valence-corrected chi connectivity index (χ2v) is 5.97. The van der Waals surface area contributed by atoms with Crippen LogP contribution < -0.4 is 5.73 Å². The molecule has 4 nitrogen and oxygen atoms in total. The summed E-state index contributed by atoms with van der Waals surface area (Å²) < 4.78 is 5.19. The average molecular weight is 272 g/mol. The maximum Gasteiger partial charge on any atom is 0.0797 e. The van der Waals surface area contributed by atoms with E-state index in [1.165, 1.54) is 0 Å². The predicted octanol–water partition coefficient (Wildman–Crippen LogP) is 1.61. The van der Waals surface area contributed by atoms with Crippen molar-refractivity contribution in [3.05, 3.63) is 0 Å². The molecule has 0 aromatic rings. The van der Waals surface area contributed by atoms with Crippen molar-refractivity contribution < 1.29 is 9.84 Å². The molecule has 1 aliphatic carbocycles. The van der Waals surface area contributed by atoms with Crippen molar-refractivity contribution >= 4 is 0 Å². The molecule has 4 heteroatoms. The molecule has 0 spiro atoms. The number of hydrogen-bond donors (Lipinski definition) is 2. The number of nitrogens with zero attached hydrogens (tertiary/aromatic N) is 1. The van der Waals surface area contributed by atoms with Crippen molar-refractivity contribution in [1.29, 1.82) is 0 Å². The van der Waals surface area contributed by atoms with Gasteiger partial charge in [0.05, 0.1) is 12.2 Å². The molecule has 1 aliphatic rings. The molecule has 0 saturated heterocycles. The Hall–Kier alpha value is -0.160. The van der Waals surface area contributed by atoms with Crippen molar-refractivity contribution in [2.24, 2.45) is 11.7 Å². The zero-order valence-electron chi connectivity index (χ0n) is 12.9. The summed E-state index contributed by atoms with van der Waals surface area (Å²) in [6, 6.07) is 0.572. The van der Waals surface area contributed by atoms with Crippen LogP contribution in [0.5, 0.6) is 0 Å². The normalized spacial score (nSPS) is 29.1. The summed E-state index contributed by atoms with van der Waals surface area (Å²) in [6.45, 7) is 7.66. The van der Waals surface area contributed by atoms with Crippen LogP contribution in [0.2, 0.25) is 0 Å². The number of methoxy groups -OCH3 is 1. The lowest BCUT2D eigenvalue weighted by Gasteiger charge is -2.33. The number of aliphatic hydroxyl groups is 1. The first-order valence-electron chi connectivity index (χ1n) is 7.72. The van der Waals surface area contributed by atoms with Gasteiger partial charge in [0.1, 0.15) is 0 Å². The lowest BCUT2D eigenvalue weighted by molar-refractivity contribution is 0.00198. The minimum atomic E-state index is -0.609. The van der Waals surface area contributed by atoms with Crippen LogP contribution in [0.25, 0.3) is 0 Å². The van der Waals surface area contributed by atoms with Crippen LogP contribution in [0.4, 0.5) is 0 Å². The quantitative estimate of drug-likeness (QED) is 0.669. The van der Waals surface area contributed by atoms with Gasteiger partial charge in [-0.1, -0.05) is 13.3 Å². The topological polar surface area (TPSA) is 58.7 Å². The Bertz CT molecular complexity index is 250. The second-order valence-electron chi connectivity index (χ2n) is 5.97. The third-order valence-corrected chi connectivity index (χ3v) is 4.84. The van der Waals surface area contributed by atoms with E-state index in [1.54, 1.807) is 7.11 Å². The van der Waals surface area contributed by atoms with E-state index < -0.39 is 5.60 Å². The molecule has 0 aromatic heterocycles. The van der Waals surface area contributed by atoms with Crippen LogP contribution in [0.15, 0.2) is 0 Å². The standard InChI is InChI=1S/C15H32N2O2/c1-4-13(2)17(10-11-19-3)9-7-14-6-5-8-15(14,18)12-16/h13-14,18H,4-12,16H2,1-3H3. The van der Waals surface area contributed by atoms with Gasteiger partial charge in [-0.2, -0.15) is 0 Å². The molecule has 0 amide bonds. The van der Waals surface area contributed by atoms with Crippen LogP contribution in [0.1, 0.15) is 46.0 Å². The molecule has 0 heterocycles. The van der Waals surface area contributed by atoms with E-state index >= 15 is 0 Å². The monoisotopic (exact) mass is 272 g/mol. The van der Waals surface area contributed by atoms with Crippen molar-refractivity contribution in [2.45, 2.75) is 57.6 Å². The number of rotatable bonds is 9. The van der Waals surface area contributed by atoms with Crippen molar-refractivity contribution in [1.82, 2.24) is 4.90 Å². The van der Waals surface area contributed by atoms with E-state index in [-0.39, 0.29) is 0 Å². The van der Waals surface area contributed by atoms with E-state index in [4.69, 9.17) is 10.5 Å². The van der Waals surface area contributed by atoms with E-state index in [0.29, 0.717) is 18.5 Å². The number of hydrogen-bond acceptors (Lipinski definition) is 4. The lowest BCUT2D eigenvalue weighted by Crippen LogP contribution is -2.43. The van der Waals surface area contributed by atoms with Gasteiger partial charge < -0.3 is 15.6 Å². The lowest BCUT2D eigenvalue weighted by atomic mass is 9.88. The molecule has 1 rings (SSSR count). The van der Waals surface area contributed by atoms with Gasteiger partial charge in [0.25, 0.3) is 0 Å². The maximum atomic E-state index is 10.5. The van der Waals surface area contributed by atoms with E-state index in [2.05, 4.69) is 18.7 Å². The molecule has 114 valence electrons. The Kier molecular flexibility index (Phi) is 7.29. The summed E-state index contributed by atoms with van der Waals surface area (Å²) in [4.78, 5) is 2.47. The maximum absolute atomic E-state index is 10.5. The summed E-state index contributed by atoms with van der Waals surface area (Å²) in [5.41, 5.74) is 5.14. The van der Waals surface area contributed by atoms with Crippen LogP contribution in [-0.4, -0.2) is 55.0 Å². The summed E-state index contributed by atoms with van der Waals surface area (Å²) in [5, 5.41) is 10.5. The van der Waals surface area contributed by atoms with Crippen LogP contribution >= 0.6 is 0 Å². The van der Waals surface area contributed by atoms with Gasteiger partial charge >= 0.3 is 0 Å². The first-order valence-corrected chi connectivity index (χ1v) is 7.72. The molecule has 3 N–H and O–H groups in total. The van der Waals surface area contributed by atoms with Gasteiger partial charge in [0, 0.05) is 26.2 Å². The first kappa shape index (κ1) is 16.9. The van der Waals surface area contributed by atoms with Gasteiger partial charge in [-0.15, -0.1) is 0 Å². The molecule has 0 aromatic carbocycles. The zero-order chi connectivity index (χ0) is 14.3. The number of ether oxygens (including phenoxy) is 1. The van der Waals surface area contributed by atoms with Crippen molar-refractivity contribution in [3.63, 3.8) is 0 Å². The molecular weight excluding hydrogens is 240 g/mol. The SMILES string of the molecule is CCC(C)N(CCOC)CCC1CCCC1(O)CN. The van der Waals surface area contributed by atoms with E-state index in [1.807, 2.05) is 0 Å².